The fourth-order valence-electron chi connectivity index (χ4n) is 2.85. The predicted molar refractivity (Wildman–Crippen MR) is 118 cm³/mol. The summed E-state index contributed by atoms with van der Waals surface area (Å²) in [7, 11) is 4.03. The Bertz CT molecular complexity index is 1110. The molecule has 7 nitrogen and oxygen atoms in total. The number of benzene rings is 2. The number of aromatic nitrogens is 5. The van der Waals surface area contributed by atoms with Gasteiger partial charge >= 0.3 is 0 Å². The van der Waals surface area contributed by atoms with Crippen molar-refractivity contribution >= 4 is 23.4 Å². The van der Waals surface area contributed by atoms with Crippen molar-refractivity contribution in [2.24, 2.45) is 0 Å². The van der Waals surface area contributed by atoms with Crippen LogP contribution in [0.15, 0.2) is 64.3 Å². The Hall–Kier alpha value is -2.68. The van der Waals surface area contributed by atoms with Crippen LogP contribution in [0, 0.1) is 0 Å². The van der Waals surface area contributed by atoms with Gasteiger partial charge in [-0.15, -0.1) is 10.2 Å². The summed E-state index contributed by atoms with van der Waals surface area (Å²) < 4.78 is 7.47. The normalized spacial score (nSPS) is 12.4. The number of nitrogens with zero attached hydrogens (tertiary/aromatic N) is 6. The van der Waals surface area contributed by atoms with E-state index in [0.29, 0.717) is 22.5 Å². The minimum absolute atomic E-state index is 0.0793. The maximum Gasteiger partial charge on any atom is 0.237 e. The Kier molecular flexibility index (Phi) is 6.17. The van der Waals surface area contributed by atoms with Gasteiger partial charge in [-0.1, -0.05) is 58.9 Å². The third-order valence-electron chi connectivity index (χ3n) is 4.72. The third kappa shape index (κ3) is 4.40. The van der Waals surface area contributed by atoms with Crippen LogP contribution < -0.4 is 0 Å². The van der Waals surface area contributed by atoms with Gasteiger partial charge in [0.25, 0.3) is 0 Å². The molecule has 2 aromatic heterocycles. The van der Waals surface area contributed by atoms with E-state index in [1.807, 2.05) is 73.3 Å². The first kappa shape index (κ1) is 20.6. The van der Waals surface area contributed by atoms with Gasteiger partial charge in [0.05, 0.1) is 11.8 Å². The van der Waals surface area contributed by atoms with Crippen LogP contribution in [-0.2, 0) is 5.75 Å². The number of hydrogen-bond acceptors (Lipinski definition) is 7. The first-order valence-corrected chi connectivity index (χ1v) is 10.8. The Morgan fingerprint density at radius 3 is 2.50 bits per heavy atom. The molecule has 0 bridgehead atoms. The molecule has 0 saturated carbocycles. The topological polar surface area (TPSA) is 72.9 Å². The zero-order valence-corrected chi connectivity index (χ0v) is 18.4. The Morgan fingerprint density at radius 2 is 1.80 bits per heavy atom. The Labute approximate surface area is 184 Å². The largest absolute Gasteiger partial charge is 0.338 e. The first-order valence-electron chi connectivity index (χ1n) is 9.41. The molecule has 9 heteroatoms. The summed E-state index contributed by atoms with van der Waals surface area (Å²) in [5.41, 5.74) is 1.87. The van der Waals surface area contributed by atoms with Crippen molar-refractivity contribution in [2.45, 2.75) is 23.9 Å². The summed E-state index contributed by atoms with van der Waals surface area (Å²) in [5, 5.41) is 14.4. The van der Waals surface area contributed by atoms with Gasteiger partial charge in [0, 0.05) is 16.3 Å². The summed E-state index contributed by atoms with van der Waals surface area (Å²) in [5.74, 6) is 2.45. The van der Waals surface area contributed by atoms with E-state index in [2.05, 4.69) is 32.2 Å². The van der Waals surface area contributed by atoms with E-state index in [4.69, 9.17) is 16.1 Å². The van der Waals surface area contributed by atoms with Gasteiger partial charge < -0.3 is 4.52 Å². The van der Waals surface area contributed by atoms with Crippen molar-refractivity contribution in [1.29, 1.82) is 0 Å². The second kappa shape index (κ2) is 8.99. The molecule has 0 amide bonds. The van der Waals surface area contributed by atoms with E-state index >= 15 is 0 Å². The minimum Gasteiger partial charge on any atom is -0.338 e. The predicted octanol–water partition coefficient (Wildman–Crippen LogP) is 4.89. The van der Waals surface area contributed by atoms with Crippen LogP contribution in [-0.4, -0.2) is 43.9 Å². The molecule has 0 saturated heterocycles. The van der Waals surface area contributed by atoms with Crippen LogP contribution >= 0.6 is 23.4 Å². The highest BCUT2D eigenvalue weighted by Crippen LogP contribution is 2.29. The second-order valence-electron chi connectivity index (χ2n) is 6.96. The van der Waals surface area contributed by atoms with Crippen molar-refractivity contribution in [3.63, 3.8) is 0 Å². The average Bonchev–Trinajstić information content (AvgIpc) is 3.40. The zero-order valence-electron chi connectivity index (χ0n) is 16.9. The molecular formula is C21H21ClN6OS. The van der Waals surface area contributed by atoms with Crippen molar-refractivity contribution in [2.75, 3.05) is 14.1 Å². The van der Waals surface area contributed by atoms with Crippen LogP contribution in [0.2, 0.25) is 5.02 Å². The van der Waals surface area contributed by atoms with Gasteiger partial charge in [0.2, 0.25) is 11.7 Å². The molecule has 0 N–H and O–H groups in total. The molecule has 0 spiro atoms. The second-order valence-corrected chi connectivity index (χ2v) is 8.34. The molecule has 0 fully saturated rings. The lowest BCUT2D eigenvalue weighted by Gasteiger charge is -2.20. The summed E-state index contributed by atoms with van der Waals surface area (Å²) in [6.07, 6.45) is 0. The van der Waals surface area contributed by atoms with Gasteiger partial charge in [-0.2, -0.15) is 4.98 Å². The van der Waals surface area contributed by atoms with Gasteiger partial charge in [-0.3, -0.25) is 9.47 Å². The number of rotatable bonds is 7. The lowest BCUT2D eigenvalue weighted by molar-refractivity contribution is 0.305. The lowest BCUT2D eigenvalue weighted by atomic mass is 10.2. The van der Waals surface area contributed by atoms with E-state index < -0.39 is 0 Å². The molecule has 0 aliphatic rings. The average molecular weight is 441 g/mol. The molecule has 0 aliphatic carbocycles. The molecule has 30 heavy (non-hydrogen) atoms. The highest BCUT2D eigenvalue weighted by molar-refractivity contribution is 7.98. The van der Waals surface area contributed by atoms with Crippen molar-refractivity contribution in [3.8, 4) is 17.1 Å². The van der Waals surface area contributed by atoms with Crippen LogP contribution in [0.25, 0.3) is 17.1 Å². The summed E-state index contributed by atoms with van der Waals surface area (Å²) in [6.45, 7) is 2.09. The molecule has 154 valence electrons. The minimum atomic E-state index is 0.0793. The summed E-state index contributed by atoms with van der Waals surface area (Å²) >= 11 is 7.58. The molecule has 0 radical (unpaired) electrons. The molecule has 1 atom stereocenters. The molecule has 4 aromatic rings. The highest BCUT2D eigenvalue weighted by atomic mass is 35.5. The quantitative estimate of drug-likeness (QED) is 0.379. The first-order chi connectivity index (χ1) is 14.5. The van der Waals surface area contributed by atoms with Crippen LogP contribution in [0.5, 0.6) is 0 Å². The van der Waals surface area contributed by atoms with Crippen LogP contribution in [0.3, 0.4) is 0 Å². The Morgan fingerprint density at radius 1 is 1.07 bits per heavy atom. The van der Waals surface area contributed by atoms with Crippen LogP contribution in [0.4, 0.5) is 0 Å². The van der Waals surface area contributed by atoms with E-state index in [-0.39, 0.29) is 6.04 Å². The van der Waals surface area contributed by atoms with Gasteiger partial charge in [-0.05, 0) is 45.3 Å². The number of thioether (sulfide) groups is 1. The van der Waals surface area contributed by atoms with Crippen LogP contribution in [0.1, 0.15) is 24.7 Å². The number of hydrogen-bond donors (Lipinski definition) is 0. The summed E-state index contributed by atoms with van der Waals surface area (Å²) in [6, 6.07) is 17.5. The fourth-order valence-corrected chi connectivity index (χ4v) is 3.78. The van der Waals surface area contributed by atoms with E-state index in [0.717, 1.165) is 22.2 Å². The van der Waals surface area contributed by atoms with Gasteiger partial charge in [0.15, 0.2) is 11.0 Å². The maximum absolute atomic E-state index is 6.08. The molecule has 2 heterocycles. The molecule has 2 aromatic carbocycles. The summed E-state index contributed by atoms with van der Waals surface area (Å²) in [4.78, 5) is 6.59. The smallest absolute Gasteiger partial charge is 0.237 e. The Balaban J connectivity index is 1.60. The third-order valence-corrected chi connectivity index (χ3v) is 5.88. The van der Waals surface area contributed by atoms with E-state index in [1.54, 1.807) is 0 Å². The number of halogens is 1. The van der Waals surface area contributed by atoms with Gasteiger partial charge in [0.1, 0.15) is 0 Å². The fraction of sp³-hybridized carbons (Fsp3) is 0.238. The molecule has 0 unspecified atom stereocenters. The lowest BCUT2D eigenvalue weighted by Crippen LogP contribution is -2.20. The van der Waals surface area contributed by atoms with E-state index in [1.165, 1.54) is 11.8 Å². The highest BCUT2D eigenvalue weighted by Gasteiger charge is 2.21. The maximum atomic E-state index is 6.08. The van der Waals surface area contributed by atoms with Crippen molar-refractivity contribution < 1.29 is 4.52 Å². The molecule has 0 aliphatic heterocycles. The van der Waals surface area contributed by atoms with E-state index in [9.17, 15) is 0 Å². The zero-order chi connectivity index (χ0) is 21.1. The van der Waals surface area contributed by atoms with Crippen molar-refractivity contribution in [3.05, 3.63) is 71.3 Å². The molecule has 4 rings (SSSR count). The molecular weight excluding hydrogens is 420 g/mol. The van der Waals surface area contributed by atoms with Crippen molar-refractivity contribution in [1.82, 2.24) is 29.8 Å². The van der Waals surface area contributed by atoms with Gasteiger partial charge in [-0.25, -0.2) is 0 Å². The SMILES string of the molecule is C[C@@H](c1nnc(SCc2nc(-c3ccccc3)no2)n1-c1ccc(Cl)cc1)N(C)C. The monoisotopic (exact) mass is 440 g/mol. The standard InChI is InChI=1S/C21H21ClN6OS/c1-14(27(2)3)20-24-25-21(28(20)17-11-9-16(22)10-12-17)30-13-18-23-19(26-29-18)15-7-5-4-6-8-15/h4-12,14H,13H2,1-3H3/t14-/m0/s1.